The van der Waals surface area contributed by atoms with E-state index in [9.17, 15) is 0 Å². The summed E-state index contributed by atoms with van der Waals surface area (Å²) in [5.41, 5.74) is 0.142. The van der Waals surface area contributed by atoms with Gasteiger partial charge in [-0.05, 0) is 45.6 Å². The molecule has 0 fully saturated rings. The van der Waals surface area contributed by atoms with Crippen LogP contribution in [0, 0.1) is 10.8 Å². The summed E-state index contributed by atoms with van der Waals surface area (Å²) < 4.78 is 7.83. The fourth-order valence-corrected chi connectivity index (χ4v) is 2.04. The molecule has 0 spiro atoms. The molecular formula is C14H31NOS. The molecule has 0 bridgehead atoms. The maximum Gasteiger partial charge on any atom is 0.0526 e. The Morgan fingerprint density at radius 1 is 1.06 bits per heavy atom. The average molecular weight is 261 g/mol. The van der Waals surface area contributed by atoms with E-state index in [4.69, 9.17) is 4.74 Å². The molecule has 0 unspecified atom stereocenters. The SMILES string of the molecule is CC(C)OCC(C)(C)C(C)(C)C(C)(C)N(C)S. The van der Waals surface area contributed by atoms with E-state index in [0.717, 1.165) is 6.61 Å². The third-order valence-corrected chi connectivity index (χ3v) is 5.31. The maximum atomic E-state index is 5.82. The topological polar surface area (TPSA) is 12.5 Å². The van der Waals surface area contributed by atoms with Crippen molar-refractivity contribution in [2.45, 2.75) is 67.0 Å². The van der Waals surface area contributed by atoms with Crippen molar-refractivity contribution in [1.29, 1.82) is 0 Å². The predicted octanol–water partition coefficient (Wildman–Crippen LogP) is 4.02. The van der Waals surface area contributed by atoms with Gasteiger partial charge in [-0.25, -0.2) is 0 Å². The highest BCUT2D eigenvalue weighted by atomic mass is 32.1. The Morgan fingerprint density at radius 2 is 1.47 bits per heavy atom. The molecule has 0 amide bonds. The van der Waals surface area contributed by atoms with Crippen molar-refractivity contribution in [1.82, 2.24) is 4.31 Å². The van der Waals surface area contributed by atoms with Gasteiger partial charge in [0.15, 0.2) is 0 Å². The zero-order valence-corrected chi connectivity index (χ0v) is 14.0. The lowest BCUT2D eigenvalue weighted by Crippen LogP contribution is -2.56. The van der Waals surface area contributed by atoms with Gasteiger partial charge in [-0.1, -0.05) is 40.5 Å². The van der Waals surface area contributed by atoms with Gasteiger partial charge in [0.05, 0.1) is 12.7 Å². The first-order valence-electron chi connectivity index (χ1n) is 6.40. The molecular weight excluding hydrogens is 230 g/mol. The predicted molar refractivity (Wildman–Crippen MR) is 79.5 cm³/mol. The molecule has 0 heterocycles. The van der Waals surface area contributed by atoms with Gasteiger partial charge >= 0.3 is 0 Å². The Kier molecular flexibility index (Phi) is 5.58. The van der Waals surface area contributed by atoms with E-state index in [0.29, 0.717) is 0 Å². The number of hydrogen-bond acceptors (Lipinski definition) is 3. The Bertz CT molecular complexity index is 245. The summed E-state index contributed by atoms with van der Waals surface area (Å²) in [5, 5.41) is 0. The van der Waals surface area contributed by atoms with E-state index in [-0.39, 0.29) is 22.5 Å². The average Bonchev–Trinajstić information content (AvgIpc) is 2.14. The summed E-state index contributed by atoms with van der Waals surface area (Å²) in [5.74, 6) is 0. The second-order valence-corrected chi connectivity index (χ2v) is 7.55. The van der Waals surface area contributed by atoms with Crippen LogP contribution in [0.2, 0.25) is 0 Å². The smallest absolute Gasteiger partial charge is 0.0526 e. The van der Waals surface area contributed by atoms with E-state index in [1.807, 2.05) is 11.4 Å². The number of ether oxygens (including phenoxy) is 1. The molecule has 0 aliphatic heterocycles. The maximum absolute atomic E-state index is 5.82. The molecule has 0 N–H and O–H groups in total. The van der Waals surface area contributed by atoms with Gasteiger partial charge in [0.2, 0.25) is 0 Å². The molecule has 0 saturated carbocycles. The summed E-state index contributed by atoms with van der Waals surface area (Å²) in [7, 11) is 2.02. The molecule has 0 radical (unpaired) electrons. The third-order valence-electron chi connectivity index (χ3n) is 4.81. The van der Waals surface area contributed by atoms with Crippen LogP contribution in [0.3, 0.4) is 0 Å². The first kappa shape index (κ1) is 17.3. The van der Waals surface area contributed by atoms with Crippen molar-refractivity contribution in [3.8, 4) is 0 Å². The van der Waals surface area contributed by atoms with Crippen molar-refractivity contribution in [2.75, 3.05) is 13.7 Å². The molecule has 0 aliphatic rings. The minimum absolute atomic E-state index is 0.0139. The minimum Gasteiger partial charge on any atom is -0.378 e. The number of nitrogens with zero attached hydrogens (tertiary/aromatic N) is 1. The Morgan fingerprint density at radius 3 is 1.76 bits per heavy atom. The normalized spacial score (nSPS) is 14.8. The standard InChI is InChI=1S/C14H31NOS/c1-11(2)16-10-12(3,4)13(5,6)14(7,8)15(9)17/h11,17H,10H2,1-9H3. The van der Waals surface area contributed by atoms with E-state index in [1.54, 1.807) is 0 Å². The molecule has 0 aromatic heterocycles. The van der Waals surface area contributed by atoms with Gasteiger partial charge in [0.1, 0.15) is 0 Å². The van der Waals surface area contributed by atoms with Crippen LogP contribution in [0.25, 0.3) is 0 Å². The minimum atomic E-state index is -0.0139. The van der Waals surface area contributed by atoms with Crippen molar-refractivity contribution >= 4 is 12.8 Å². The second-order valence-electron chi connectivity index (χ2n) is 6.95. The molecule has 0 rings (SSSR count). The third kappa shape index (κ3) is 3.62. The monoisotopic (exact) mass is 261 g/mol. The Balaban J connectivity index is 5.01. The highest BCUT2D eigenvalue weighted by Gasteiger charge is 2.49. The van der Waals surface area contributed by atoms with E-state index >= 15 is 0 Å². The second kappa shape index (κ2) is 5.50. The fourth-order valence-electron chi connectivity index (χ4n) is 1.79. The summed E-state index contributed by atoms with van der Waals surface area (Å²) >= 11 is 4.51. The van der Waals surface area contributed by atoms with Crippen LogP contribution in [0.15, 0.2) is 0 Å². The van der Waals surface area contributed by atoms with E-state index in [2.05, 4.69) is 68.2 Å². The quantitative estimate of drug-likeness (QED) is 0.725. The van der Waals surface area contributed by atoms with Crippen molar-refractivity contribution in [2.24, 2.45) is 10.8 Å². The van der Waals surface area contributed by atoms with Crippen molar-refractivity contribution in [3.63, 3.8) is 0 Å². The first-order valence-corrected chi connectivity index (χ1v) is 6.80. The van der Waals surface area contributed by atoms with Crippen LogP contribution in [0.4, 0.5) is 0 Å². The van der Waals surface area contributed by atoms with E-state index < -0.39 is 0 Å². The zero-order valence-electron chi connectivity index (χ0n) is 13.1. The largest absolute Gasteiger partial charge is 0.378 e. The van der Waals surface area contributed by atoms with Crippen LogP contribution < -0.4 is 0 Å². The molecule has 0 aromatic carbocycles. The summed E-state index contributed by atoms with van der Waals surface area (Å²) in [4.78, 5) is 0. The van der Waals surface area contributed by atoms with E-state index in [1.165, 1.54) is 0 Å². The zero-order chi connectivity index (χ0) is 14.1. The number of rotatable bonds is 6. The molecule has 3 heteroatoms. The lowest BCUT2D eigenvalue weighted by molar-refractivity contribution is -0.0804. The van der Waals surface area contributed by atoms with Gasteiger partial charge in [-0.15, -0.1) is 0 Å². The fraction of sp³-hybridized carbons (Fsp3) is 1.00. The highest BCUT2D eigenvalue weighted by Crippen LogP contribution is 2.49. The molecule has 17 heavy (non-hydrogen) atoms. The van der Waals surface area contributed by atoms with Crippen LogP contribution >= 0.6 is 12.8 Å². The Labute approximate surface area is 114 Å². The first-order chi connectivity index (χ1) is 7.36. The summed E-state index contributed by atoms with van der Waals surface area (Å²) in [6.45, 7) is 18.5. The van der Waals surface area contributed by atoms with Gasteiger partial charge in [0.25, 0.3) is 0 Å². The molecule has 2 nitrogen and oxygen atoms in total. The van der Waals surface area contributed by atoms with Gasteiger partial charge in [-0.2, -0.15) is 0 Å². The van der Waals surface area contributed by atoms with Crippen LogP contribution in [0.5, 0.6) is 0 Å². The summed E-state index contributed by atoms with van der Waals surface area (Å²) in [6, 6.07) is 0. The van der Waals surface area contributed by atoms with Gasteiger partial charge in [0, 0.05) is 5.54 Å². The van der Waals surface area contributed by atoms with Gasteiger partial charge in [-0.3, -0.25) is 4.31 Å². The lowest BCUT2D eigenvalue weighted by atomic mass is 9.59. The molecule has 0 atom stereocenters. The Hall–Kier alpha value is 0.270. The molecule has 0 aliphatic carbocycles. The van der Waals surface area contributed by atoms with Crippen molar-refractivity contribution in [3.05, 3.63) is 0 Å². The van der Waals surface area contributed by atoms with Crippen molar-refractivity contribution < 1.29 is 4.74 Å². The lowest BCUT2D eigenvalue weighted by Gasteiger charge is -2.54. The summed E-state index contributed by atoms with van der Waals surface area (Å²) in [6.07, 6.45) is 0.280. The number of hydrogen-bond donors (Lipinski definition) is 1. The molecule has 0 saturated heterocycles. The van der Waals surface area contributed by atoms with Crippen LogP contribution in [0.1, 0.15) is 55.4 Å². The van der Waals surface area contributed by atoms with Crippen LogP contribution in [-0.2, 0) is 4.74 Å². The molecule has 0 aromatic rings. The molecule has 104 valence electrons. The highest BCUT2D eigenvalue weighted by molar-refractivity contribution is 7.77. The van der Waals surface area contributed by atoms with Gasteiger partial charge < -0.3 is 4.74 Å². The van der Waals surface area contributed by atoms with Crippen LogP contribution in [-0.4, -0.2) is 29.6 Å². The number of thiol groups is 1.